The lowest BCUT2D eigenvalue weighted by molar-refractivity contribution is -0.133. The Bertz CT molecular complexity index is 506. The van der Waals surface area contributed by atoms with E-state index in [1.165, 1.54) is 0 Å². The molecular formula is C11H10N2O3. The maximum absolute atomic E-state index is 11.2. The highest BCUT2D eigenvalue weighted by Crippen LogP contribution is 2.25. The van der Waals surface area contributed by atoms with Gasteiger partial charge in [0, 0.05) is 17.5 Å². The molecule has 0 bridgehead atoms. The molecule has 2 rings (SSSR count). The molecule has 0 atom stereocenters. The number of carbonyl (C=O) groups is 2. The molecule has 5 nitrogen and oxygen atoms in total. The van der Waals surface area contributed by atoms with Crippen molar-refractivity contribution in [3.63, 3.8) is 0 Å². The van der Waals surface area contributed by atoms with Crippen molar-refractivity contribution in [2.75, 3.05) is 0 Å². The van der Waals surface area contributed by atoms with Crippen LogP contribution in [0.15, 0.2) is 23.9 Å². The summed E-state index contributed by atoms with van der Waals surface area (Å²) in [4.78, 5) is 26.3. The Hall–Kier alpha value is -2.17. The molecule has 16 heavy (non-hydrogen) atoms. The van der Waals surface area contributed by atoms with E-state index in [-0.39, 0.29) is 17.9 Å². The van der Waals surface area contributed by atoms with E-state index in [0.717, 1.165) is 0 Å². The van der Waals surface area contributed by atoms with E-state index in [1.807, 2.05) is 0 Å². The Labute approximate surface area is 91.8 Å². The van der Waals surface area contributed by atoms with Gasteiger partial charge >= 0.3 is 5.97 Å². The van der Waals surface area contributed by atoms with Crippen LogP contribution in [0.2, 0.25) is 0 Å². The summed E-state index contributed by atoms with van der Waals surface area (Å²) >= 11 is 0. The van der Waals surface area contributed by atoms with Crippen molar-refractivity contribution < 1.29 is 14.7 Å². The number of aliphatic carboxylic acids is 1. The average Bonchev–Trinajstić information content (AvgIpc) is 2.61. The first kappa shape index (κ1) is 10.4. The highest BCUT2D eigenvalue weighted by molar-refractivity contribution is 6.08. The maximum Gasteiger partial charge on any atom is 0.334 e. The summed E-state index contributed by atoms with van der Waals surface area (Å²) in [7, 11) is 0. The fraction of sp³-hybridized carbons (Fsp3) is 0.182. The SMILES string of the molecule is Cc1ncccc1C1=C(C(=O)O)CC(=O)N1. The summed E-state index contributed by atoms with van der Waals surface area (Å²) in [5.41, 5.74) is 1.81. The standard InChI is InChI=1S/C11H10N2O3/c1-6-7(3-2-4-12-6)10-8(11(15)16)5-9(14)13-10/h2-4H,5H2,1H3,(H,13,14)(H,15,16). The number of aryl methyl sites for hydroxylation is 1. The molecule has 1 amide bonds. The lowest BCUT2D eigenvalue weighted by Gasteiger charge is -2.06. The van der Waals surface area contributed by atoms with Gasteiger partial charge in [-0.1, -0.05) is 0 Å². The fourth-order valence-electron chi connectivity index (χ4n) is 1.67. The highest BCUT2D eigenvalue weighted by Gasteiger charge is 2.27. The highest BCUT2D eigenvalue weighted by atomic mass is 16.4. The number of amides is 1. The monoisotopic (exact) mass is 218 g/mol. The van der Waals surface area contributed by atoms with Crippen molar-refractivity contribution in [3.05, 3.63) is 35.2 Å². The van der Waals surface area contributed by atoms with Crippen LogP contribution < -0.4 is 5.32 Å². The van der Waals surface area contributed by atoms with E-state index in [2.05, 4.69) is 10.3 Å². The number of carboxylic acid groups (broad SMARTS) is 1. The third-order valence-corrected chi connectivity index (χ3v) is 2.44. The van der Waals surface area contributed by atoms with Gasteiger partial charge in [-0.05, 0) is 19.1 Å². The Morgan fingerprint density at radius 3 is 2.94 bits per heavy atom. The predicted octanol–water partition coefficient (Wildman–Crippen LogP) is 0.706. The number of aromatic nitrogens is 1. The van der Waals surface area contributed by atoms with Crippen molar-refractivity contribution in [1.82, 2.24) is 10.3 Å². The van der Waals surface area contributed by atoms with Gasteiger partial charge in [0.05, 0.1) is 17.7 Å². The van der Waals surface area contributed by atoms with Gasteiger partial charge in [0.15, 0.2) is 0 Å². The van der Waals surface area contributed by atoms with Crippen LogP contribution in [-0.2, 0) is 9.59 Å². The lowest BCUT2D eigenvalue weighted by Crippen LogP contribution is -2.14. The predicted molar refractivity (Wildman–Crippen MR) is 56.3 cm³/mol. The third kappa shape index (κ3) is 1.67. The number of carbonyl (C=O) groups excluding carboxylic acids is 1. The first-order valence-corrected chi connectivity index (χ1v) is 4.78. The zero-order chi connectivity index (χ0) is 11.7. The molecule has 1 aliphatic rings. The summed E-state index contributed by atoms with van der Waals surface area (Å²) in [5, 5.41) is 11.5. The van der Waals surface area contributed by atoms with Crippen molar-refractivity contribution in [2.24, 2.45) is 0 Å². The van der Waals surface area contributed by atoms with Crippen molar-refractivity contribution in [3.8, 4) is 0 Å². The van der Waals surface area contributed by atoms with E-state index < -0.39 is 5.97 Å². The number of hydrogen-bond donors (Lipinski definition) is 2. The molecular weight excluding hydrogens is 208 g/mol. The number of nitrogens with one attached hydrogen (secondary N) is 1. The Balaban J connectivity index is 2.54. The molecule has 0 spiro atoms. The fourth-order valence-corrected chi connectivity index (χ4v) is 1.67. The zero-order valence-electron chi connectivity index (χ0n) is 8.65. The van der Waals surface area contributed by atoms with Gasteiger partial charge in [0.1, 0.15) is 0 Å². The molecule has 0 aliphatic carbocycles. The molecule has 0 radical (unpaired) electrons. The van der Waals surface area contributed by atoms with Gasteiger partial charge < -0.3 is 10.4 Å². The van der Waals surface area contributed by atoms with Gasteiger partial charge in [0.2, 0.25) is 5.91 Å². The Kier molecular flexibility index (Phi) is 2.44. The van der Waals surface area contributed by atoms with Crippen LogP contribution in [0.3, 0.4) is 0 Å². The van der Waals surface area contributed by atoms with Crippen LogP contribution in [0.25, 0.3) is 5.70 Å². The summed E-state index contributed by atoms with van der Waals surface area (Å²) in [6.45, 7) is 1.77. The molecule has 0 aromatic carbocycles. The molecule has 1 aliphatic heterocycles. The van der Waals surface area contributed by atoms with Gasteiger partial charge in [0.25, 0.3) is 0 Å². The summed E-state index contributed by atoms with van der Waals surface area (Å²) in [6.07, 6.45) is 1.54. The van der Waals surface area contributed by atoms with Crippen molar-refractivity contribution in [1.29, 1.82) is 0 Å². The molecule has 0 fully saturated rings. The minimum absolute atomic E-state index is 0.0843. The van der Waals surface area contributed by atoms with Crippen LogP contribution in [0.4, 0.5) is 0 Å². The molecule has 1 aromatic heterocycles. The zero-order valence-corrected chi connectivity index (χ0v) is 8.65. The molecule has 0 saturated heterocycles. The Morgan fingerprint density at radius 2 is 2.31 bits per heavy atom. The number of rotatable bonds is 2. The summed E-state index contributed by atoms with van der Waals surface area (Å²) in [6, 6.07) is 3.45. The van der Waals surface area contributed by atoms with Crippen LogP contribution in [0.1, 0.15) is 17.7 Å². The Morgan fingerprint density at radius 1 is 1.56 bits per heavy atom. The van der Waals surface area contributed by atoms with E-state index in [1.54, 1.807) is 25.3 Å². The third-order valence-electron chi connectivity index (χ3n) is 2.44. The largest absolute Gasteiger partial charge is 0.478 e. The van der Waals surface area contributed by atoms with E-state index in [4.69, 9.17) is 5.11 Å². The first-order chi connectivity index (χ1) is 7.59. The molecule has 2 heterocycles. The van der Waals surface area contributed by atoms with Gasteiger partial charge in [-0.25, -0.2) is 4.79 Å². The minimum atomic E-state index is -1.07. The lowest BCUT2D eigenvalue weighted by atomic mass is 10.1. The quantitative estimate of drug-likeness (QED) is 0.766. The molecule has 82 valence electrons. The van der Waals surface area contributed by atoms with Gasteiger partial charge in [-0.2, -0.15) is 0 Å². The number of nitrogens with zero attached hydrogens (tertiary/aromatic N) is 1. The van der Waals surface area contributed by atoms with E-state index in [9.17, 15) is 9.59 Å². The molecule has 1 aromatic rings. The van der Waals surface area contributed by atoms with Gasteiger partial charge in [-0.3, -0.25) is 9.78 Å². The first-order valence-electron chi connectivity index (χ1n) is 4.78. The molecule has 0 unspecified atom stereocenters. The average molecular weight is 218 g/mol. The van der Waals surface area contributed by atoms with Crippen LogP contribution in [-0.4, -0.2) is 22.0 Å². The minimum Gasteiger partial charge on any atom is -0.478 e. The second kappa shape index (κ2) is 3.77. The van der Waals surface area contributed by atoms with Crippen molar-refractivity contribution >= 4 is 17.6 Å². The number of pyridine rings is 1. The maximum atomic E-state index is 11.2. The second-order valence-corrected chi connectivity index (χ2v) is 3.52. The van der Waals surface area contributed by atoms with Crippen LogP contribution in [0.5, 0.6) is 0 Å². The number of carboxylic acids is 1. The van der Waals surface area contributed by atoms with Crippen molar-refractivity contribution in [2.45, 2.75) is 13.3 Å². The van der Waals surface area contributed by atoms with Crippen LogP contribution >= 0.6 is 0 Å². The van der Waals surface area contributed by atoms with Gasteiger partial charge in [-0.15, -0.1) is 0 Å². The van der Waals surface area contributed by atoms with E-state index in [0.29, 0.717) is 17.0 Å². The second-order valence-electron chi connectivity index (χ2n) is 3.52. The normalized spacial score (nSPS) is 15.2. The molecule has 2 N–H and O–H groups in total. The topological polar surface area (TPSA) is 79.3 Å². The smallest absolute Gasteiger partial charge is 0.334 e. The molecule has 5 heteroatoms. The van der Waals surface area contributed by atoms with Crippen LogP contribution in [0, 0.1) is 6.92 Å². The summed E-state index contributed by atoms with van der Waals surface area (Å²) < 4.78 is 0. The summed E-state index contributed by atoms with van der Waals surface area (Å²) in [5.74, 6) is -1.37. The molecule has 0 saturated carbocycles. The number of hydrogen-bond acceptors (Lipinski definition) is 3. The van der Waals surface area contributed by atoms with E-state index >= 15 is 0 Å².